The Balaban J connectivity index is 1.52. The van der Waals surface area contributed by atoms with Crippen LogP contribution in [0, 0.1) is 11.8 Å². The summed E-state index contributed by atoms with van der Waals surface area (Å²) < 4.78 is 22.6. The van der Waals surface area contributed by atoms with Crippen molar-refractivity contribution >= 4 is 41.7 Å². The van der Waals surface area contributed by atoms with Gasteiger partial charge in [-0.05, 0) is 66.3 Å². The smallest absolute Gasteiger partial charge is 0.492 e. The SMILES string of the molecule is CCCCCCCCC#Cc1ccc(-c2ccc3c(OCCCCCC)c(-c4ccc(O[P+](=O)O)s4)ccc3c2)s1. The van der Waals surface area contributed by atoms with Gasteiger partial charge in [0, 0.05) is 31.7 Å². The summed E-state index contributed by atoms with van der Waals surface area (Å²) in [5.41, 5.74) is 2.14. The quantitative estimate of drug-likeness (QED) is 0.0782. The molecule has 4 rings (SSSR count). The molecule has 2 heterocycles. The summed E-state index contributed by atoms with van der Waals surface area (Å²) in [6.45, 7) is 5.11. The van der Waals surface area contributed by atoms with Gasteiger partial charge in [-0.1, -0.05) is 101 Å². The van der Waals surface area contributed by atoms with Gasteiger partial charge in [0.15, 0.2) is 0 Å². The van der Waals surface area contributed by atoms with Crippen LogP contribution < -0.4 is 9.26 Å². The van der Waals surface area contributed by atoms with Crippen LogP contribution in [0.2, 0.25) is 0 Å². The second kappa shape index (κ2) is 16.7. The van der Waals surface area contributed by atoms with E-state index in [1.54, 1.807) is 17.4 Å². The molecular formula is C34H40O4PS2+. The first-order valence-corrected chi connectivity index (χ1v) is 17.6. The molecule has 4 nitrogen and oxygen atoms in total. The molecule has 0 aliphatic heterocycles. The van der Waals surface area contributed by atoms with Crippen LogP contribution in [0.5, 0.6) is 10.8 Å². The molecule has 2 aromatic heterocycles. The highest BCUT2D eigenvalue weighted by Gasteiger charge is 2.19. The Bertz CT molecular complexity index is 1480. The lowest BCUT2D eigenvalue weighted by Gasteiger charge is -2.14. The lowest BCUT2D eigenvalue weighted by atomic mass is 10.0. The Morgan fingerprint density at radius 3 is 2.37 bits per heavy atom. The van der Waals surface area contributed by atoms with Gasteiger partial charge in [-0.25, -0.2) is 4.52 Å². The molecule has 216 valence electrons. The molecule has 0 bridgehead atoms. The van der Waals surface area contributed by atoms with E-state index in [4.69, 9.17) is 14.2 Å². The summed E-state index contributed by atoms with van der Waals surface area (Å²) in [5.74, 6) is 7.58. The van der Waals surface area contributed by atoms with Crippen molar-refractivity contribution in [1.29, 1.82) is 0 Å². The van der Waals surface area contributed by atoms with Crippen LogP contribution in [0.15, 0.2) is 54.6 Å². The van der Waals surface area contributed by atoms with Crippen molar-refractivity contribution in [2.24, 2.45) is 0 Å². The van der Waals surface area contributed by atoms with E-state index in [-0.39, 0.29) is 0 Å². The molecule has 1 unspecified atom stereocenters. The van der Waals surface area contributed by atoms with Crippen molar-refractivity contribution in [3.8, 4) is 43.5 Å². The molecule has 0 saturated heterocycles. The van der Waals surface area contributed by atoms with Gasteiger partial charge >= 0.3 is 8.25 Å². The second-order valence-electron chi connectivity index (χ2n) is 10.2. The fraction of sp³-hybridized carbons (Fsp3) is 0.412. The van der Waals surface area contributed by atoms with E-state index in [1.807, 2.05) is 6.07 Å². The topological polar surface area (TPSA) is 55.8 Å². The van der Waals surface area contributed by atoms with E-state index < -0.39 is 8.25 Å². The number of benzene rings is 2. The molecule has 0 aliphatic carbocycles. The number of fused-ring (bicyclic) bond motifs is 1. The van der Waals surface area contributed by atoms with Crippen LogP contribution in [-0.4, -0.2) is 11.5 Å². The summed E-state index contributed by atoms with van der Waals surface area (Å²) in [6, 6.07) is 18.7. The highest BCUT2D eigenvalue weighted by molar-refractivity contribution is 7.33. The predicted octanol–water partition coefficient (Wildman–Crippen LogP) is 11.4. The van der Waals surface area contributed by atoms with Crippen molar-refractivity contribution < 1.29 is 18.7 Å². The zero-order valence-electron chi connectivity index (χ0n) is 24.1. The maximum absolute atomic E-state index is 11.2. The van der Waals surface area contributed by atoms with Crippen molar-refractivity contribution in [2.45, 2.75) is 84.5 Å². The van der Waals surface area contributed by atoms with Crippen LogP contribution in [0.1, 0.15) is 89.4 Å². The largest absolute Gasteiger partial charge is 0.748 e. The third-order valence-electron chi connectivity index (χ3n) is 6.99. The van der Waals surface area contributed by atoms with Crippen molar-refractivity contribution in [3.05, 3.63) is 59.5 Å². The van der Waals surface area contributed by atoms with Gasteiger partial charge in [0.25, 0.3) is 0 Å². The average Bonchev–Trinajstić information content (AvgIpc) is 3.63. The molecule has 0 spiro atoms. The highest BCUT2D eigenvalue weighted by atomic mass is 32.1. The second-order valence-corrected chi connectivity index (χ2v) is 13.0. The lowest BCUT2D eigenvalue weighted by molar-refractivity contribution is 0.309. The van der Waals surface area contributed by atoms with Crippen molar-refractivity contribution in [2.75, 3.05) is 6.61 Å². The minimum Gasteiger partial charge on any atom is -0.492 e. The third-order valence-corrected chi connectivity index (χ3v) is 9.51. The molecular weight excluding hydrogens is 567 g/mol. The van der Waals surface area contributed by atoms with Crippen LogP contribution in [0.3, 0.4) is 0 Å². The summed E-state index contributed by atoms with van der Waals surface area (Å²) in [7, 11) is -2.69. The van der Waals surface area contributed by atoms with E-state index in [2.05, 4.69) is 68.2 Å². The zero-order chi connectivity index (χ0) is 28.9. The Morgan fingerprint density at radius 1 is 0.805 bits per heavy atom. The molecule has 0 aliphatic rings. The molecule has 0 amide bonds. The number of unbranched alkanes of at least 4 members (excludes halogenated alkanes) is 9. The summed E-state index contributed by atoms with van der Waals surface area (Å²) in [5, 5.41) is 2.59. The summed E-state index contributed by atoms with van der Waals surface area (Å²) in [6.07, 6.45) is 13.3. The van der Waals surface area contributed by atoms with Gasteiger partial charge < -0.3 is 4.74 Å². The molecule has 41 heavy (non-hydrogen) atoms. The predicted molar refractivity (Wildman–Crippen MR) is 176 cm³/mol. The molecule has 0 saturated carbocycles. The molecule has 0 radical (unpaired) electrons. The summed E-state index contributed by atoms with van der Waals surface area (Å²) in [4.78, 5) is 12.4. The maximum atomic E-state index is 11.2. The average molecular weight is 608 g/mol. The van der Waals surface area contributed by atoms with Gasteiger partial charge in [-0.15, -0.1) is 16.2 Å². The Hall–Kier alpha value is -2.68. The molecule has 7 heteroatoms. The van der Waals surface area contributed by atoms with E-state index in [9.17, 15) is 4.57 Å². The minimum absolute atomic E-state index is 0.413. The maximum Gasteiger partial charge on any atom is 0.748 e. The van der Waals surface area contributed by atoms with E-state index in [0.717, 1.165) is 51.1 Å². The summed E-state index contributed by atoms with van der Waals surface area (Å²) >= 11 is 3.08. The van der Waals surface area contributed by atoms with Gasteiger partial charge in [0.05, 0.1) is 11.5 Å². The van der Waals surface area contributed by atoms with E-state index in [0.29, 0.717) is 11.7 Å². The first kappa shape index (κ1) is 31.3. The Labute approximate surface area is 253 Å². The molecule has 1 N–H and O–H groups in total. The van der Waals surface area contributed by atoms with Crippen LogP contribution in [-0.2, 0) is 4.57 Å². The number of hydrogen-bond acceptors (Lipinski definition) is 5. The molecule has 2 aromatic carbocycles. The number of ether oxygens (including phenoxy) is 1. The fourth-order valence-corrected chi connectivity index (χ4v) is 6.99. The van der Waals surface area contributed by atoms with Crippen LogP contribution >= 0.6 is 30.9 Å². The van der Waals surface area contributed by atoms with Gasteiger partial charge in [0.1, 0.15) is 5.75 Å². The van der Waals surface area contributed by atoms with Crippen LogP contribution in [0.25, 0.3) is 31.7 Å². The Morgan fingerprint density at radius 2 is 1.56 bits per heavy atom. The van der Waals surface area contributed by atoms with Gasteiger partial charge in [-0.3, -0.25) is 0 Å². The number of hydrogen-bond donors (Lipinski definition) is 1. The first-order valence-electron chi connectivity index (χ1n) is 14.8. The van der Waals surface area contributed by atoms with Crippen molar-refractivity contribution in [3.63, 3.8) is 0 Å². The van der Waals surface area contributed by atoms with Gasteiger partial charge in [0.2, 0.25) is 5.06 Å². The molecule has 1 atom stereocenters. The highest BCUT2D eigenvalue weighted by Crippen LogP contribution is 2.44. The Kier molecular flexibility index (Phi) is 12.7. The standard InChI is InChI=1S/C34H39O4PS2/c1-3-5-7-9-10-11-12-13-15-28-18-21-31(40-28)27-17-19-29-26(25-27)16-20-30(34(29)37-24-14-8-6-4-2)32-22-23-33(41-32)38-39(35)36/h16-23,25H,3-12,14,24H2,1-2H3/p+1. The lowest BCUT2D eigenvalue weighted by Crippen LogP contribution is -1.99. The molecule has 0 fully saturated rings. The van der Waals surface area contributed by atoms with Crippen LogP contribution in [0.4, 0.5) is 0 Å². The zero-order valence-corrected chi connectivity index (χ0v) is 26.6. The van der Waals surface area contributed by atoms with E-state index in [1.165, 1.54) is 73.1 Å². The molecule has 4 aromatic rings. The first-order chi connectivity index (χ1) is 20.1. The normalized spacial score (nSPS) is 11.3. The monoisotopic (exact) mass is 607 g/mol. The van der Waals surface area contributed by atoms with Gasteiger partial charge in [-0.2, -0.15) is 0 Å². The number of rotatable bonds is 16. The third kappa shape index (κ3) is 9.42. The fourth-order valence-electron chi connectivity index (χ4n) is 4.80. The minimum atomic E-state index is -2.69. The van der Waals surface area contributed by atoms with E-state index >= 15 is 0 Å². The number of thiophene rings is 2. The van der Waals surface area contributed by atoms with Crippen molar-refractivity contribution in [1.82, 2.24) is 0 Å².